The van der Waals surface area contributed by atoms with E-state index in [-0.39, 0.29) is 30.3 Å². The van der Waals surface area contributed by atoms with Crippen LogP contribution in [0.1, 0.15) is 37.4 Å². The molecule has 1 saturated heterocycles. The van der Waals surface area contributed by atoms with Crippen LogP contribution in [0.5, 0.6) is 0 Å². The highest BCUT2D eigenvalue weighted by Crippen LogP contribution is 2.36. The first-order valence-corrected chi connectivity index (χ1v) is 12.9. The monoisotopic (exact) mass is 529 g/mol. The van der Waals surface area contributed by atoms with Crippen molar-refractivity contribution < 1.29 is 18.7 Å². The van der Waals surface area contributed by atoms with E-state index in [1.54, 1.807) is 18.2 Å². The number of hydrogen-bond donors (Lipinski definition) is 1. The molecule has 1 atom stereocenters. The molecular formula is C27H33ClFN5O3. The maximum atomic E-state index is 13.7. The average Bonchev–Trinajstić information content (AvgIpc) is 3.32. The smallest absolute Gasteiger partial charge is 0.318 e. The predicted molar refractivity (Wildman–Crippen MR) is 141 cm³/mol. The number of urea groups is 1. The SMILES string of the molecule is CC(C)NC(=O)N(CCN1CCOCC1)CC(=O)N1N=C(c2ccc(F)cc2)C[C@@H]1c1ccccc1Cl. The minimum atomic E-state index is -0.435. The van der Waals surface area contributed by atoms with Crippen molar-refractivity contribution in [1.82, 2.24) is 20.1 Å². The fraction of sp³-hybridized carbons (Fsp3) is 0.444. The molecule has 198 valence electrons. The minimum Gasteiger partial charge on any atom is -0.379 e. The maximum Gasteiger partial charge on any atom is 0.318 e. The van der Waals surface area contributed by atoms with Gasteiger partial charge in [0.25, 0.3) is 5.91 Å². The summed E-state index contributed by atoms with van der Waals surface area (Å²) in [5.74, 6) is -0.659. The number of hydrazone groups is 1. The van der Waals surface area contributed by atoms with Crippen LogP contribution in [0.4, 0.5) is 9.18 Å². The van der Waals surface area contributed by atoms with Crippen LogP contribution in [-0.2, 0) is 9.53 Å². The van der Waals surface area contributed by atoms with Crippen LogP contribution in [-0.4, -0.2) is 84.4 Å². The zero-order valence-corrected chi connectivity index (χ0v) is 22.0. The zero-order chi connectivity index (χ0) is 26.4. The lowest BCUT2D eigenvalue weighted by Crippen LogP contribution is -2.50. The minimum absolute atomic E-state index is 0.0701. The Balaban J connectivity index is 1.56. The van der Waals surface area contributed by atoms with Crippen LogP contribution in [0.25, 0.3) is 0 Å². The summed E-state index contributed by atoms with van der Waals surface area (Å²) >= 11 is 6.51. The molecule has 4 rings (SSSR count). The van der Waals surface area contributed by atoms with Crippen molar-refractivity contribution in [2.45, 2.75) is 32.4 Å². The van der Waals surface area contributed by atoms with E-state index in [2.05, 4.69) is 15.3 Å². The van der Waals surface area contributed by atoms with Gasteiger partial charge in [-0.25, -0.2) is 14.2 Å². The molecule has 0 spiro atoms. The first-order chi connectivity index (χ1) is 17.8. The quantitative estimate of drug-likeness (QED) is 0.562. The zero-order valence-electron chi connectivity index (χ0n) is 21.2. The Morgan fingerprint density at radius 2 is 1.86 bits per heavy atom. The number of nitrogens with one attached hydrogen (secondary N) is 1. The molecule has 0 aliphatic carbocycles. The van der Waals surface area contributed by atoms with Crippen LogP contribution in [0.15, 0.2) is 53.6 Å². The molecule has 0 radical (unpaired) electrons. The third-order valence-electron chi connectivity index (χ3n) is 6.42. The second-order valence-electron chi connectivity index (χ2n) is 9.51. The molecule has 3 amide bonds. The van der Waals surface area contributed by atoms with E-state index in [0.29, 0.717) is 43.5 Å². The van der Waals surface area contributed by atoms with Gasteiger partial charge in [0.15, 0.2) is 0 Å². The van der Waals surface area contributed by atoms with E-state index in [1.165, 1.54) is 22.0 Å². The highest BCUT2D eigenvalue weighted by atomic mass is 35.5. The lowest BCUT2D eigenvalue weighted by molar-refractivity contribution is -0.133. The van der Waals surface area contributed by atoms with Crippen molar-refractivity contribution in [3.8, 4) is 0 Å². The largest absolute Gasteiger partial charge is 0.379 e. The first-order valence-electron chi connectivity index (χ1n) is 12.6. The standard InChI is InChI=1S/C27H33ClFN5O3/c1-19(2)30-27(36)33(12-11-32-13-15-37-16-14-32)18-26(35)34-25(22-5-3-4-6-23(22)28)17-24(31-34)20-7-9-21(29)10-8-20/h3-10,19,25H,11-18H2,1-2H3,(H,30,36)/t25-/m1/s1. The van der Waals surface area contributed by atoms with Crippen molar-refractivity contribution in [3.63, 3.8) is 0 Å². The van der Waals surface area contributed by atoms with Crippen molar-refractivity contribution >= 4 is 29.3 Å². The number of carbonyl (C=O) groups is 2. The second kappa shape index (κ2) is 12.5. The Kier molecular flexibility index (Phi) is 9.13. The fourth-order valence-electron chi connectivity index (χ4n) is 4.46. The first kappa shape index (κ1) is 27.0. The number of carbonyl (C=O) groups excluding carboxylic acids is 2. The van der Waals surface area contributed by atoms with Crippen LogP contribution in [0.2, 0.25) is 5.02 Å². The van der Waals surface area contributed by atoms with Gasteiger partial charge in [-0.1, -0.05) is 41.9 Å². The van der Waals surface area contributed by atoms with E-state index in [4.69, 9.17) is 16.3 Å². The molecule has 1 N–H and O–H groups in total. The Morgan fingerprint density at radius 1 is 1.16 bits per heavy atom. The summed E-state index contributed by atoms with van der Waals surface area (Å²) in [6.45, 7) is 7.56. The number of hydrogen-bond acceptors (Lipinski definition) is 5. The van der Waals surface area contributed by atoms with Gasteiger partial charge in [-0.2, -0.15) is 5.10 Å². The third-order valence-corrected chi connectivity index (χ3v) is 6.77. The van der Waals surface area contributed by atoms with Gasteiger partial charge in [0.2, 0.25) is 0 Å². The topological polar surface area (TPSA) is 77.5 Å². The van der Waals surface area contributed by atoms with Crippen molar-refractivity contribution in [1.29, 1.82) is 0 Å². The van der Waals surface area contributed by atoms with Gasteiger partial charge in [0, 0.05) is 43.7 Å². The van der Waals surface area contributed by atoms with Gasteiger partial charge in [-0.15, -0.1) is 0 Å². The molecular weight excluding hydrogens is 497 g/mol. The van der Waals surface area contributed by atoms with E-state index < -0.39 is 6.04 Å². The summed E-state index contributed by atoms with van der Waals surface area (Å²) in [4.78, 5) is 30.4. The molecule has 2 aromatic carbocycles. The fourth-order valence-corrected chi connectivity index (χ4v) is 4.72. The normalized spacial score (nSPS) is 18.1. The van der Waals surface area contributed by atoms with Gasteiger partial charge in [-0.05, 0) is 43.2 Å². The summed E-state index contributed by atoms with van der Waals surface area (Å²) < 4.78 is 18.9. The Bertz CT molecular complexity index is 1120. The highest BCUT2D eigenvalue weighted by Gasteiger charge is 2.35. The van der Waals surface area contributed by atoms with Gasteiger partial charge >= 0.3 is 6.03 Å². The Hall–Kier alpha value is -3.01. The molecule has 0 unspecified atom stereocenters. The average molecular weight is 530 g/mol. The number of rotatable bonds is 8. The summed E-state index contributed by atoms with van der Waals surface area (Å²) in [6, 6.07) is 12.6. The van der Waals surface area contributed by atoms with Crippen LogP contribution in [0, 0.1) is 5.82 Å². The molecule has 0 saturated carbocycles. The summed E-state index contributed by atoms with van der Waals surface area (Å²) in [6.07, 6.45) is 0.424. The number of halogens is 2. The maximum absolute atomic E-state index is 13.7. The van der Waals surface area contributed by atoms with Crippen molar-refractivity contribution in [3.05, 3.63) is 70.5 Å². The Labute approximate surface area is 222 Å². The lowest BCUT2D eigenvalue weighted by Gasteiger charge is -2.31. The molecule has 10 heteroatoms. The molecule has 0 bridgehead atoms. The summed E-state index contributed by atoms with van der Waals surface area (Å²) in [5.41, 5.74) is 2.16. The molecule has 2 aliphatic heterocycles. The van der Waals surface area contributed by atoms with E-state index in [9.17, 15) is 14.0 Å². The van der Waals surface area contributed by atoms with Crippen molar-refractivity contribution in [2.75, 3.05) is 45.9 Å². The molecule has 8 nitrogen and oxygen atoms in total. The molecule has 1 fully saturated rings. The summed E-state index contributed by atoms with van der Waals surface area (Å²) in [5, 5.41) is 9.49. The van der Waals surface area contributed by atoms with Crippen LogP contribution in [0.3, 0.4) is 0 Å². The number of nitrogens with zero attached hydrogens (tertiary/aromatic N) is 4. The lowest BCUT2D eigenvalue weighted by atomic mass is 9.98. The van der Waals surface area contributed by atoms with Crippen molar-refractivity contribution in [2.24, 2.45) is 5.10 Å². The van der Waals surface area contributed by atoms with E-state index >= 15 is 0 Å². The number of benzene rings is 2. The highest BCUT2D eigenvalue weighted by molar-refractivity contribution is 6.31. The van der Waals surface area contributed by atoms with Gasteiger partial charge in [0.1, 0.15) is 12.4 Å². The molecule has 2 aromatic rings. The molecule has 2 heterocycles. The molecule has 0 aromatic heterocycles. The third kappa shape index (κ3) is 7.06. The predicted octanol–water partition coefficient (Wildman–Crippen LogP) is 3.91. The van der Waals surface area contributed by atoms with Gasteiger partial charge in [0.05, 0.1) is 25.0 Å². The molecule has 2 aliphatic rings. The number of amides is 3. The van der Waals surface area contributed by atoms with Gasteiger partial charge < -0.3 is 15.0 Å². The van der Waals surface area contributed by atoms with E-state index in [0.717, 1.165) is 24.2 Å². The van der Waals surface area contributed by atoms with Gasteiger partial charge in [-0.3, -0.25) is 9.69 Å². The van der Waals surface area contributed by atoms with E-state index in [1.807, 2.05) is 32.0 Å². The van der Waals surface area contributed by atoms with Crippen LogP contribution >= 0.6 is 11.6 Å². The number of morpholine rings is 1. The van der Waals surface area contributed by atoms with Crippen LogP contribution < -0.4 is 5.32 Å². The summed E-state index contributed by atoms with van der Waals surface area (Å²) in [7, 11) is 0. The molecule has 37 heavy (non-hydrogen) atoms. The Morgan fingerprint density at radius 3 is 2.54 bits per heavy atom. The second-order valence-corrected chi connectivity index (χ2v) is 9.92. The number of ether oxygens (including phenoxy) is 1.